The Morgan fingerprint density at radius 3 is 2.80 bits per heavy atom. The van der Waals surface area contributed by atoms with E-state index in [0.717, 1.165) is 23.1 Å². The molecule has 5 heteroatoms. The van der Waals surface area contributed by atoms with Gasteiger partial charge in [0, 0.05) is 19.3 Å². The first kappa shape index (κ1) is 15.6. The van der Waals surface area contributed by atoms with Crippen molar-refractivity contribution in [1.82, 2.24) is 14.7 Å². The monoisotopic (exact) mass is 335 g/mol. The summed E-state index contributed by atoms with van der Waals surface area (Å²) >= 11 is 0. The molecule has 126 valence electrons. The van der Waals surface area contributed by atoms with E-state index in [1.54, 1.807) is 22.0 Å². The van der Waals surface area contributed by atoms with Gasteiger partial charge >= 0.3 is 0 Å². The molecule has 2 heterocycles. The summed E-state index contributed by atoms with van der Waals surface area (Å²) in [5.41, 5.74) is 3.70. The lowest BCUT2D eigenvalue weighted by atomic mass is 9.99. The van der Waals surface area contributed by atoms with E-state index in [-0.39, 0.29) is 11.7 Å². The fourth-order valence-electron chi connectivity index (χ4n) is 3.21. The summed E-state index contributed by atoms with van der Waals surface area (Å²) in [6, 6.07) is 14.8. The normalized spacial score (nSPS) is 13.6. The molecule has 0 bridgehead atoms. The maximum absolute atomic E-state index is 13.4. The van der Waals surface area contributed by atoms with Crippen LogP contribution >= 0.6 is 0 Å². The lowest BCUT2D eigenvalue weighted by Crippen LogP contribution is -2.35. The summed E-state index contributed by atoms with van der Waals surface area (Å²) in [4.78, 5) is 14.5. The summed E-state index contributed by atoms with van der Waals surface area (Å²) in [6.45, 7) is 1.71. The number of amides is 1. The molecule has 0 unspecified atom stereocenters. The summed E-state index contributed by atoms with van der Waals surface area (Å²) in [7, 11) is 0. The van der Waals surface area contributed by atoms with Gasteiger partial charge in [-0.15, -0.1) is 0 Å². The Kier molecular flexibility index (Phi) is 4.06. The number of benzene rings is 2. The van der Waals surface area contributed by atoms with E-state index in [9.17, 15) is 9.18 Å². The topological polar surface area (TPSA) is 38.1 Å². The molecule has 0 atom stereocenters. The first-order valence-electron chi connectivity index (χ1n) is 8.32. The highest BCUT2D eigenvalue weighted by molar-refractivity contribution is 5.93. The van der Waals surface area contributed by atoms with E-state index < -0.39 is 0 Å². The van der Waals surface area contributed by atoms with Crippen LogP contribution in [0.15, 0.2) is 60.9 Å². The van der Waals surface area contributed by atoms with Gasteiger partial charge in [-0.05, 0) is 35.2 Å². The van der Waals surface area contributed by atoms with Crippen molar-refractivity contribution in [2.75, 3.05) is 6.54 Å². The largest absolute Gasteiger partial charge is 0.334 e. The number of hydrogen-bond acceptors (Lipinski definition) is 2. The predicted octanol–water partition coefficient (Wildman–Crippen LogP) is 3.27. The molecule has 0 saturated carbocycles. The third-order valence-electron chi connectivity index (χ3n) is 4.54. The molecule has 0 spiro atoms. The minimum Gasteiger partial charge on any atom is -0.334 e. The zero-order valence-electron chi connectivity index (χ0n) is 13.7. The van der Waals surface area contributed by atoms with Crippen molar-refractivity contribution >= 4 is 5.91 Å². The maximum atomic E-state index is 13.4. The maximum Gasteiger partial charge on any atom is 0.257 e. The zero-order chi connectivity index (χ0) is 17.2. The van der Waals surface area contributed by atoms with Gasteiger partial charge in [0.25, 0.3) is 5.91 Å². The lowest BCUT2D eigenvalue weighted by Gasteiger charge is -2.28. The predicted molar refractivity (Wildman–Crippen MR) is 92.6 cm³/mol. The first-order valence-corrected chi connectivity index (χ1v) is 8.32. The third kappa shape index (κ3) is 3.31. The molecule has 0 fully saturated rings. The van der Waals surface area contributed by atoms with E-state index in [4.69, 9.17) is 0 Å². The standard InChI is InChI=1S/C20H18FN3O/c21-19-7-6-16-8-9-23(13-17(16)10-19)20(25)18-11-22-24(14-18)12-15-4-2-1-3-5-15/h1-7,10-11,14H,8-9,12-13H2. The molecule has 0 aliphatic carbocycles. The number of nitrogens with zero attached hydrogens (tertiary/aromatic N) is 3. The molecular formula is C20H18FN3O. The van der Waals surface area contributed by atoms with Crippen molar-refractivity contribution < 1.29 is 9.18 Å². The van der Waals surface area contributed by atoms with Crippen LogP contribution in [0.2, 0.25) is 0 Å². The Labute approximate surface area is 145 Å². The Balaban J connectivity index is 1.48. The molecule has 1 aliphatic rings. The summed E-state index contributed by atoms with van der Waals surface area (Å²) in [5, 5.41) is 4.29. The minimum atomic E-state index is -0.260. The van der Waals surface area contributed by atoms with Gasteiger partial charge in [-0.2, -0.15) is 5.10 Å². The second kappa shape index (κ2) is 6.51. The number of hydrogen-bond donors (Lipinski definition) is 0. The van der Waals surface area contributed by atoms with Crippen molar-refractivity contribution in [3.8, 4) is 0 Å². The van der Waals surface area contributed by atoms with Gasteiger partial charge in [0.2, 0.25) is 0 Å². The molecule has 0 N–H and O–H groups in total. The minimum absolute atomic E-state index is 0.0609. The lowest BCUT2D eigenvalue weighted by molar-refractivity contribution is 0.0734. The number of halogens is 1. The first-order chi connectivity index (χ1) is 12.2. The molecule has 1 aromatic heterocycles. The molecule has 3 aromatic rings. The molecule has 1 aliphatic heterocycles. The van der Waals surface area contributed by atoms with Crippen molar-refractivity contribution in [3.63, 3.8) is 0 Å². The Hall–Kier alpha value is -2.95. The SMILES string of the molecule is O=C(c1cnn(Cc2ccccc2)c1)N1CCc2ccc(F)cc2C1. The molecule has 25 heavy (non-hydrogen) atoms. The van der Waals surface area contributed by atoms with Crippen LogP contribution in [0, 0.1) is 5.82 Å². The summed E-state index contributed by atoms with van der Waals surface area (Å²) in [6.07, 6.45) is 4.13. The van der Waals surface area contributed by atoms with E-state index in [2.05, 4.69) is 5.10 Å². The summed E-state index contributed by atoms with van der Waals surface area (Å²) in [5.74, 6) is -0.321. The fraction of sp³-hybridized carbons (Fsp3) is 0.200. The van der Waals surface area contributed by atoms with Crippen molar-refractivity contribution in [2.45, 2.75) is 19.5 Å². The Morgan fingerprint density at radius 2 is 1.96 bits per heavy atom. The summed E-state index contributed by atoms with van der Waals surface area (Å²) < 4.78 is 15.2. The average molecular weight is 335 g/mol. The quantitative estimate of drug-likeness (QED) is 0.737. The number of carbonyl (C=O) groups excluding carboxylic acids is 1. The molecule has 1 amide bonds. The van der Waals surface area contributed by atoms with Gasteiger partial charge in [0.15, 0.2) is 0 Å². The van der Waals surface area contributed by atoms with Crippen LogP contribution in [0.4, 0.5) is 4.39 Å². The molecule has 4 rings (SSSR count). The fourth-order valence-corrected chi connectivity index (χ4v) is 3.21. The highest BCUT2D eigenvalue weighted by Crippen LogP contribution is 2.21. The van der Waals surface area contributed by atoms with Crippen molar-refractivity contribution in [3.05, 3.63) is 89.0 Å². The van der Waals surface area contributed by atoms with E-state index in [1.165, 1.54) is 12.1 Å². The third-order valence-corrected chi connectivity index (χ3v) is 4.54. The van der Waals surface area contributed by atoms with Gasteiger partial charge in [0.1, 0.15) is 5.82 Å². The van der Waals surface area contributed by atoms with Crippen LogP contribution in [0.3, 0.4) is 0 Å². The highest BCUT2D eigenvalue weighted by Gasteiger charge is 2.23. The molecule has 4 nitrogen and oxygen atoms in total. The van der Waals surface area contributed by atoms with Crippen LogP contribution < -0.4 is 0 Å². The molecule has 0 saturated heterocycles. The van der Waals surface area contributed by atoms with E-state index in [1.807, 2.05) is 36.4 Å². The molecular weight excluding hydrogens is 317 g/mol. The number of aromatic nitrogens is 2. The van der Waals surface area contributed by atoms with Crippen molar-refractivity contribution in [2.24, 2.45) is 0 Å². The van der Waals surface area contributed by atoms with Gasteiger partial charge in [-0.25, -0.2) is 4.39 Å². The van der Waals surface area contributed by atoms with Crippen LogP contribution in [-0.2, 0) is 19.5 Å². The van der Waals surface area contributed by atoms with E-state index >= 15 is 0 Å². The van der Waals surface area contributed by atoms with Gasteiger partial charge in [-0.1, -0.05) is 36.4 Å². The van der Waals surface area contributed by atoms with Gasteiger partial charge in [-0.3, -0.25) is 9.48 Å². The smallest absolute Gasteiger partial charge is 0.257 e. The number of carbonyl (C=O) groups is 1. The zero-order valence-corrected chi connectivity index (χ0v) is 13.7. The Bertz CT molecular complexity index is 904. The van der Waals surface area contributed by atoms with E-state index in [0.29, 0.717) is 25.2 Å². The number of rotatable bonds is 3. The van der Waals surface area contributed by atoms with Crippen LogP contribution in [0.1, 0.15) is 27.0 Å². The second-order valence-corrected chi connectivity index (χ2v) is 6.30. The molecule has 0 radical (unpaired) electrons. The second-order valence-electron chi connectivity index (χ2n) is 6.30. The average Bonchev–Trinajstić information content (AvgIpc) is 3.09. The highest BCUT2D eigenvalue weighted by atomic mass is 19.1. The number of fused-ring (bicyclic) bond motifs is 1. The van der Waals surface area contributed by atoms with Crippen LogP contribution in [0.25, 0.3) is 0 Å². The Morgan fingerprint density at radius 1 is 1.12 bits per heavy atom. The van der Waals surface area contributed by atoms with Crippen molar-refractivity contribution in [1.29, 1.82) is 0 Å². The van der Waals surface area contributed by atoms with Gasteiger partial charge in [0.05, 0.1) is 18.3 Å². The molecule has 2 aromatic carbocycles. The van der Waals surface area contributed by atoms with Crippen LogP contribution in [-0.4, -0.2) is 27.1 Å². The van der Waals surface area contributed by atoms with Crippen LogP contribution in [0.5, 0.6) is 0 Å². The van der Waals surface area contributed by atoms with Gasteiger partial charge < -0.3 is 4.90 Å².